The number of aryl methyl sites for hydroxylation is 2. The van der Waals surface area contributed by atoms with Crippen LogP contribution in [0.2, 0.25) is 0 Å². The van der Waals surface area contributed by atoms with Crippen LogP contribution >= 0.6 is 0 Å². The highest BCUT2D eigenvalue weighted by Gasteiger charge is 2.18. The van der Waals surface area contributed by atoms with Crippen LogP contribution in [-0.4, -0.2) is 40.4 Å². The Morgan fingerprint density at radius 1 is 1.47 bits per heavy atom. The summed E-state index contributed by atoms with van der Waals surface area (Å²) in [6.45, 7) is 12.0. The topological polar surface area (TPSA) is 33.1 Å². The van der Waals surface area contributed by atoms with Gasteiger partial charge in [0.2, 0.25) is 0 Å². The molecule has 0 amide bonds. The molecule has 1 aliphatic heterocycles. The van der Waals surface area contributed by atoms with E-state index in [1.807, 2.05) is 0 Å². The summed E-state index contributed by atoms with van der Waals surface area (Å²) in [6, 6.07) is 2.92. The third kappa shape index (κ3) is 4.05. The Hall–Kier alpha value is -0.870. The average molecular weight is 264 g/mol. The zero-order valence-corrected chi connectivity index (χ0v) is 12.7. The van der Waals surface area contributed by atoms with Crippen LogP contribution < -0.4 is 5.32 Å². The molecule has 0 radical (unpaired) electrons. The predicted octanol–water partition coefficient (Wildman–Crippen LogP) is 2.18. The Kier molecular flexibility index (Phi) is 5.40. The summed E-state index contributed by atoms with van der Waals surface area (Å²) in [5.74, 6) is 0. The fraction of sp³-hybridized carbons (Fsp3) is 0.800. The maximum absolute atomic E-state index is 4.55. The van der Waals surface area contributed by atoms with Gasteiger partial charge in [-0.05, 0) is 52.3 Å². The van der Waals surface area contributed by atoms with Crippen molar-refractivity contribution in [1.82, 2.24) is 20.0 Å². The summed E-state index contributed by atoms with van der Waals surface area (Å²) < 4.78 is 2.14. The van der Waals surface area contributed by atoms with Gasteiger partial charge in [-0.3, -0.25) is 9.58 Å². The molecule has 1 aliphatic rings. The molecule has 0 saturated carbocycles. The molecule has 0 spiro atoms. The van der Waals surface area contributed by atoms with E-state index < -0.39 is 0 Å². The Bertz CT molecular complexity index is 379. The lowest BCUT2D eigenvalue weighted by molar-refractivity contribution is 0.235. The number of nitrogens with one attached hydrogen (secondary N) is 1. The number of nitrogens with zero attached hydrogens (tertiary/aromatic N) is 3. The zero-order chi connectivity index (χ0) is 13.7. The monoisotopic (exact) mass is 264 g/mol. The van der Waals surface area contributed by atoms with E-state index >= 15 is 0 Å². The van der Waals surface area contributed by atoms with Crippen LogP contribution in [0.1, 0.15) is 44.5 Å². The molecule has 4 heteroatoms. The lowest BCUT2D eigenvalue weighted by atomic mass is 10.2. The van der Waals surface area contributed by atoms with E-state index in [2.05, 4.69) is 46.8 Å². The molecule has 4 nitrogen and oxygen atoms in total. The van der Waals surface area contributed by atoms with Crippen molar-refractivity contribution in [3.8, 4) is 0 Å². The first-order chi connectivity index (χ1) is 9.22. The van der Waals surface area contributed by atoms with Gasteiger partial charge >= 0.3 is 0 Å². The summed E-state index contributed by atoms with van der Waals surface area (Å²) in [5, 5.41) is 8.15. The van der Waals surface area contributed by atoms with Gasteiger partial charge in [0.25, 0.3) is 0 Å². The number of aromatic nitrogens is 2. The molecule has 19 heavy (non-hydrogen) atoms. The lowest BCUT2D eigenvalue weighted by Gasteiger charge is -2.25. The van der Waals surface area contributed by atoms with Crippen molar-refractivity contribution in [3.63, 3.8) is 0 Å². The molecule has 2 rings (SSSR count). The first-order valence-corrected chi connectivity index (χ1v) is 7.72. The fourth-order valence-electron chi connectivity index (χ4n) is 3.00. The molecule has 1 fully saturated rings. The Balaban J connectivity index is 1.97. The minimum Gasteiger partial charge on any atom is -0.313 e. The van der Waals surface area contributed by atoms with Gasteiger partial charge in [-0.15, -0.1) is 0 Å². The van der Waals surface area contributed by atoms with Gasteiger partial charge in [0.15, 0.2) is 0 Å². The minimum absolute atomic E-state index is 0.686. The van der Waals surface area contributed by atoms with Crippen LogP contribution in [-0.2, 0) is 13.1 Å². The van der Waals surface area contributed by atoms with Gasteiger partial charge < -0.3 is 5.32 Å². The summed E-state index contributed by atoms with van der Waals surface area (Å²) in [6.07, 6.45) is 3.87. The van der Waals surface area contributed by atoms with E-state index in [1.54, 1.807) is 0 Å². The third-order valence-electron chi connectivity index (χ3n) is 3.85. The Labute approximate surface area is 117 Å². The summed E-state index contributed by atoms with van der Waals surface area (Å²) in [5.41, 5.74) is 2.48. The Morgan fingerprint density at radius 2 is 2.32 bits per heavy atom. The maximum atomic E-state index is 4.55. The molecular weight excluding hydrogens is 236 g/mol. The molecule has 1 unspecified atom stereocenters. The molecule has 2 heterocycles. The van der Waals surface area contributed by atoms with Crippen molar-refractivity contribution < 1.29 is 0 Å². The van der Waals surface area contributed by atoms with Crippen LogP contribution in [0.15, 0.2) is 6.07 Å². The SMILES string of the molecule is CCCN(Cc1cc(C)nn1CC)CC1CCCN1. The van der Waals surface area contributed by atoms with Crippen molar-refractivity contribution in [2.75, 3.05) is 19.6 Å². The largest absolute Gasteiger partial charge is 0.313 e. The van der Waals surface area contributed by atoms with Crippen LogP contribution in [0.3, 0.4) is 0 Å². The smallest absolute Gasteiger partial charge is 0.0597 e. The molecule has 0 bridgehead atoms. The molecule has 1 atom stereocenters. The standard InChI is InChI=1S/C15H28N4/c1-4-9-18(11-14-7-6-8-16-14)12-15-10-13(3)17-19(15)5-2/h10,14,16H,4-9,11-12H2,1-3H3. The van der Waals surface area contributed by atoms with Crippen LogP contribution in [0, 0.1) is 6.92 Å². The van der Waals surface area contributed by atoms with E-state index in [9.17, 15) is 0 Å². The van der Waals surface area contributed by atoms with E-state index in [-0.39, 0.29) is 0 Å². The average Bonchev–Trinajstić information content (AvgIpc) is 2.99. The molecule has 1 N–H and O–H groups in total. The Morgan fingerprint density at radius 3 is 2.95 bits per heavy atom. The molecule has 108 valence electrons. The third-order valence-corrected chi connectivity index (χ3v) is 3.85. The van der Waals surface area contributed by atoms with Gasteiger partial charge in [0.1, 0.15) is 0 Å². The highest BCUT2D eigenvalue weighted by molar-refractivity contribution is 5.09. The van der Waals surface area contributed by atoms with Gasteiger partial charge in [0, 0.05) is 25.7 Å². The zero-order valence-electron chi connectivity index (χ0n) is 12.7. The molecular formula is C15H28N4. The van der Waals surface area contributed by atoms with Crippen LogP contribution in [0.4, 0.5) is 0 Å². The predicted molar refractivity (Wildman–Crippen MR) is 79.2 cm³/mol. The van der Waals surface area contributed by atoms with Crippen molar-refractivity contribution in [3.05, 3.63) is 17.5 Å². The minimum atomic E-state index is 0.686. The quantitative estimate of drug-likeness (QED) is 0.819. The lowest BCUT2D eigenvalue weighted by Crippen LogP contribution is -2.38. The summed E-state index contributed by atoms with van der Waals surface area (Å²) in [7, 11) is 0. The van der Waals surface area contributed by atoms with Crippen molar-refractivity contribution in [1.29, 1.82) is 0 Å². The number of hydrogen-bond acceptors (Lipinski definition) is 3. The van der Waals surface area contributed by atoms with Gasteiger partial charge in [-0.25, -0.2) is 0 Å². The first kappa shape index (κ1) is 14.5. The second-order valence-electron chi connectivity index (χ2n) is 5.62. The number of hydrogen-bond donors (Lipinski definition) is 1. The van der Waals surface area contributed by atoms with Crippen molar-refractivity contribution in [2.24, 2.45) is 0 Å². The highest BCUT2D eigenvalue weighted by Crippen LogP contribution is 2.12. The second kappa shape index (κ2) is 7.06. The van der Waals surface area contributed by atoms with E-state index in [0.29, 0.717) is 6.04 Å². The van der Waals surface area contributed by atoms with Crippen molar-refractivity contribution in [2.45, 2.75) is 59.2 Å². The van der Waals surface area contributed by atoms with Gasteiger partial charge in [0.05, 0.1) is 11.4 Å². The molecule has 1 aromatic heterocycles. The van der Waals surface area contributed by atoms with E-state index in [0.717, 1.165) is 18.8 Å². The van der Waals surface area contributed by atoms with Gasteiger partial charge in [-0.1, -0.05) is 6.92 Å². The molecule has 1 saturated heterocycles. The maximum Gasteiger partial charge on any atom is 0.0597 e. The first-order valence-electron chi connectivity index (χ1n) is 7.72. The molecule has 0 aliphatic carbocycles. The van der Waals surface area contributed by atoms with Crippen LogP contribution in [0.5, 0.6) is 0 Å². The van der Waals surface area contributed by atoms with Gasteiger partial charge in [-0.2, -0.15) is 5.10 Å². The second-order valence-corrected chi connectivity index (χ2v) is 5.62. The number of rotatable bonds is 7. The molecule has 1 aromatic rings. The highest BCUT2D eigenvalue weighted by atomic mass is 15.3. The van der Waals surface area contributed by atoms with E-state index in [1.165, 1.54) is 44.6 Å². The van der Waals surface area contributed by atoms with Crippen molar-refractivity contribution >= 4 is 0 Å². The fourth-order valence-corrected chi connectivity index (χ4v) is 3.00. The summed E-state index contributed by atoms with van der Waals surface area (Å²) >= 11 is 0. The normalized spacial score (nSPS) is 19.5. The van der Waals surface area contributed by atoms with E-state index in [4.69, 9.17) is 0 Å². The molecule has 0 aromatic carbocycles. The van der Waals surface area contributed by atoms with Crippen LogP contribution in [0.25, 0.3) is 0 Å². The summed E-state index contributed by atoms with van der Waals surface area (Å²) in [4.78, 5) is 2.58.